The van der Waals surface area contributed by atoms with Crippen molar-refractivity contribution in [2.75, 3.05) is 0 Å². The first-order chi connectivity index (χ1) is 13.9. The van der Waals surface area contributed by atoms with E-state index >= 15 is 0 Å². The number of carbonyl (C=O) groups excluding carboxylic acids is 2. The highest BCUT2D eigenvalue weighted by molar-refractivity contribution is 6.68. The molecule has 0 aliphatic rings. The maximum atomic E-state index is 12.1. The molecule has 0 aromatic heterocycles. The van der Waals surface area contributed by atoms with Crippen molar-refractivity contribution in [1.82, 2.24) is 0 Å². The molecule has 0 aliphatic carbocycles. The van der Waals surface area contributed by atoms with E-state index in [0.29, 0.717) is 32.7 Å². The Labute approximate surface area is 175 Å². The number of hydrogen-bond acceptors (Lipinski definition) is 4. The molecule has 0 amide bonds. The fraction of sp³-hybridized carbons (Fsp3) is 0.0435. The molecule has 29 heavy (non-hydrogen) atoms. The number of hydrogen-bond donors (Lipinski definition) is 2. The van der Waals surface area contributed by atoms with Crippen LogP contribution in [0.1, 0.15) is 31.8 Å². The van der Waals surface area contributed by atoms with Crippen LogP contribution < -0.4 is 0 Å². The minimum Gasteiger partial charge on any atom is -0.507 e. The molecule has 4 aromatic carbocycles. The molecule has 0 fully saturated rings. The number of halogens is 2. The van der Waals surface area contributed by atoms with Gasteiger partial charge in [0.05, 0.1) is 11.1 Å². The van der Waals surface area contributed by atoms with E-state index in [2.05, 4.69) is 0 Å². The van der Waals surface area contributed by atoms with E-state index in [4.69, 9.17) is 23.2 Å². The van der Waals surface area contributed by atoms with Crippen LogP contribution in [0.15, 0.2) is 60.7 Å². The van der Waals surface area contributed by atoms with Crippen molar-refractivity contribution in [3.05, 3.63) is 82.9 Å². The van der Waals surface area contributed by atoms with Crippen molar-refractivity contribution in [1.29, 1.82) is 0 Å². The van der Waals surface area contributed by atoms with Gasteiger partial charge in [-0.1, -0.05) is 48.5 Å². The molecule has 0 spiro atoms. The van der Waals surface area contributed by atoms with Crippen LogP contribution in [0.2, 0.25) is 0 Å². The van der Waals surface area contributed by atoms with Gasteiger partial charge in [0.2, 0.25) is 0 Å². The molecular formula is C23H14Cl2O4. The van der Waals surface area contributed by atoms with E-state index in [1.807, 2.05) is 12.1 Å². The molecule has 4 nitrogen and oxygen atoms in total. The van der Waals surface area contributed by atoms with E-state index in [1.165, 1.54) is 12.1 Å². The maximum Gasteiger partial charge on any atom is 0.256 e. The molecule has 4 rings (SSSR count). The molecule has 0 unspecified atom stereocenters. The van der Waals surface area contributed by atoms with Crippen LogP contribution in [0.3, 0.4) is 0 Å². The third-order valence-corrected chi connectivity index (χ3v) is 5.40. The first kappa shape index (κ1) is 19.2. The number of fused-ring (bicyclic) bond motifs is 2. The second-order valence-corrected chi connectivity index (χ2v) is 7.35. The summed E-state index contributed by atoms with van der Waals surface area (Å²) in [5.74, 6) is -0.496. The van der Waals surface area contributed by atoms with Crippen molar-refractivity contribution < 1.29 is 19.8 Å². The third-order valence-electron chi connectivity index (χ3n) is 5.02. The van der Waals surface area contributed by atoms with Gasteiger partial charge in [0.15, 0.2) is 0 Å². The van der Waals surface area contributed by atoms with Crippen molar-refractivity contribution >= 4 is 55.2 Å². The first-order valence-electron chi connectivity index (χ1n) is 8.75. The summed E-state index contributed by atoms with van der Waals surface area (Å²) in [4.78, 5) is 24.3. The van der Waals surface area contributed by atoms with Crippen LogP contribution in [-0.4, -0.2) is 20.7 Å². The lowest BCUT2D eigenvalue weighted by atomic mass is 9.88. The fourth-order valence-electron chi connectivity index (χ4n) is 3.80. The quantitative estimate of drug-likeness (QED) is 0.408. The van der Waals surface area contributed by atoms with Gasteiger partial charge in [-0.2, -0.15) is 0 Å². The van der Waals surface area contributed by atoms with Crippen LogP contribution in [0, 0.1) is 0 Å². The highest BCUT2D eigenvalue weighted by atomic mass is 35.5. The fourth-order valence-corrected chi connectivity index (χ4v) is 4.22. The van der Waals surface area contributed by atoms with Crippen molar-refractivity contribution in [3.63, 3.8) is 0 Å². The van der Waals surface area contributed by atoms with Gasteiger partial charge < -0.3 is 10.2 Å². The van der Waals surface area contributed by atoms with E-state index in [9.17, 15) is 19.8 Å². The summed E-state index contributed by atoms with van der Waals surface area (Å²) < 4.78 is 0. The molecule has 0 saturated carbocycles. The van der Waals surface area contributed by atoms with Gasteiger partial charge in [0, 0.05) is 6.42 Å². The first-order valence-corrected chi connectivity index (χ1v) is 9.51. The van der Waals surface area contributed by atoms with Crippen LogP contribution >= 0.6 is 23.2 Å². The zero-order valence-corrected chi connectivity index (χ0v) is 16.5. The van der Waals surface area contributed by atoms with Gasteiger partial charge in [-0.25, -0.2) is 0 Å². The SMILES string of the molecule is O=C(Cl)c1c(O)cc2ccccc2c1Cc1c(C(=O)Cl)c(O)cc2ccccc12. The molecule has 0 radical (unpaired) electrons. The van der Waals surface area contributed by atoms with Gasteiger partial charge in [0.1, 0.15) is 11.5 Å². The number of carbonyl (C=O) groups is 2. The van der Waals surface area contributed by atoms with Crippen molar-refractivity contribution in [2.24, 2.45) is 0 Å². The van der Waals surface area contributed by atoms with Crippen molar-refractivity contribution in [2.45, 2.75) is 6.42 Å². The van der Waals surface area contributed by atoms with E-state index < -0.39 is 10.5 Å². The Balaban J connectivity index is 2.10. The van der Waals surface area contributed by atoms with Crippen LogP contribution in [-0.2, 0) is 6.42 Å². The summed E-state index contributed by atoms with van der Waals surface area (Å²) in [5, 5.41) is 22.1. The Bertz CT molecular complexity index is 1210. The van der Waals surface area contributed by atoms with Crippen molar-refractivity contribution in [3.8, 4) is 11.5 Å². The Morgan fingerprint density at radius 1 is 0.690 bits per heavy atom. The summed E-state index contributed by atoms with van der Waals surface area (Å²) in [6, 6.07) is 17.4. The highest BCUT2D eigenvalue weighted by Crippen LogP contribution is 2.38. The predicted octanol–water partition coefficient (Wildman–Crippen LogP) is 5.75. The Kier molecular flexibility index (Phi) is 4.91. The maximum absolute atomic E-state index is 12.1. The van der Waals surface area contributed by atoms with E-state index in [1.54, 1.807) is 36.4 Å². The van der Waals surface area contributed by atoms with Crippen LogP contribution in [0.25, 0.3) is 21.5 Å². The van der Waals surface area contributed by atoms with Gasteiger partial charge in [-0.15, -0.1) is 0 Å². The number of phenols is 2. The molecule has 0 bridgehead atoms. The molecule has 144 valence electrons. The molecule has 0 aliphatic heterocycles. The predicted molar refractivity (Wildman–Crippen MR) is 114 cm³/mol. The lowest BCUT2D eigenvalue weighted by Gasteiger charge is -2.17. The topological polar surface area (TPSA) is 74.6 Å². The van der Waals surface area contributed by atoms with Crippen LogP contribution in [0.5, 0.6) is 11.5 Å². The third kappa shape index (κ3) is 3.31. The molecular weight excluding hydrogens is 411 g/mol. The smallest absolute Gasteiger partial charge is 0.256 e. The molecule has 0 heterocycles. The Morgan fingerprint density at radius 2 is 1.07 bits per heavy atom. The summed E-state index contributed by atoms with van der Waals surface area (Å²) in [6.07, 6.45) is 0.0609. The average molecular weight is 425 g/mol. The minimum atomic E-state index is -0.813. The van der Waals surface area contributed by atoms with Gasteiger partial charge in [0.25, 0.3) is 10.5 Å². The zero-order valence-electron chi connectivity index (χ0n) is 14.9. The molecule has 6 heteroatoms. The summed E-state index contributed by atoms with van der Waals surface area (Å²) in [5.41, 5.74) is 0.836. The lowest BCUT2D eigenvalue weighted by Crippen LogP contribution is -2.06. The second-order valence-electron chi connectivity index (χ2n) is 6.66. The van der Waals surface area contributed by atoms with Crippen LogP contribution in [0.4, 0.5) is 0 Å². The summed E-state index contributed by atoms with van der Waals surface area (Å²) in [6.45, 7) is 0. The zero-order chi connectivity index (χ0) is 20.7. The van der Waals surface area contributed by atoms with E-state index in [0.717, 1.165) is 0 Å². The lowest BCUT2D eigenvalue weighted by molar-refractivity contribution is 0.107. The van der Waals surface area contributed by atoms with Gasteiger partial charge in [-0.05, 0) is 68.0 Å². The average Bonchev–Trinajstić information content (AvgIpc) is 2.67. The number of aromatic hydroxyl groups is 2. The molecule has 0 saturated heterocycles. The number of rotatable bonds is 4. The van der Waals surface area contributed by atoms with Gasteiger partial charge in [-0.3, -0.25) is 9.59 Å². The summed E-state index contributed by atoms with van der Waals surface area (Å²) in [7, 11) is 0. The number of phenolic OH excluding ortho intramolecular Hbond substituents is 2. The largest absolute Gasteiger partial charge is 0.507 e. The highest BCUT2D eigenvalue weighted by Gasteiger charge is 2.23. The number of benzene rings is 4. The van der Waals surface area contributed by atoms with Gasteiger partial charge >= 0.3 is 0 Å². The standard InChI is InChI=1S/C23H14Cl2O4/c24-22(28)20-16(14-7-3-1-5-12(14)9-18(20)26)11-17-15-8-4-2-6-13(15)10-19(27)21(17)23(25)29/h1-10,26-27H,11H2. The minimum absolute atomic E-state index is 0.0363. The second kappa shape index (κ2) is 7.39. The normalized spacial score (nSPS) is 11.1. The molecule has 4 aromatic rings. The Hall–Kier alpha value is -3.08. The Morgan fingerprint density at radius 3 is 1.45 bits per heavy atom. The molecule has 2 N–H and O–H groups in total. The molecule has 0 atom stereocenters. The summed E-state index contributed by atoms with van der Waals surface area (Å²) >= 11 is 11.6. The monoisotopic (exact) mass is 424 g/mol. The van der Waals surface area contributed by atoms with E-state index in [-0.39, 0.29) is 29.0 Å².